The van der Waals surface area contributed by atoms with Crippen molar-refractivity contribution in [2.75, 3.05) is 32.9 Å². The van der Waals surface area contributed by atoms with Crippen LogP contribution >= 0.6 is 0 Å². The molecule has 2 aromatic rings. The number of aryl methyl sites for hydroxylation is 1. The summed E-state index contributed by atoms with van der Waals surface area (Å²) in [7, 11) is 0. The predicted octanol–water partition coefficient (Wildman–Crippen LogP) is -5.73. The highest BCUT2D eigenvalue weighted by Crippen LogP contribution is 2.21. The number of aliphatic imine (C=N–C) groups is 1. The number of halogens is 1. The fraction of sp³-hybridized carbons (Fsp3) is 0.585. The van der Waals surface area contributed by atoms with E-state index in [4.69, 9.17) is 16.2 Å². The van der Waals surface area contributed by atoms with Gasteiger partial charge in [-0.05, 0) is 50.5 Å². The van der Waals surface area contributed by atoms with Crippen LogP contribution in [-0.4, -0.2) is 176 Å². The van der Waals surface area contributed by atoms with Crippen molar-refractivity contribution in [1.82, 2.24) is 52.2 Å². The zero-order valence-electron chi connectivity index (χ0n) is 37.1. The number of hydrogen-bond donors (Lipinski definition) is 13. The Kier molecular flexibility index (Phi) is 21.4. The number of alkyl halides is 1. The lowest BCUT2D eigenvalue weighted by molar-refractivity contribution is -0.219. The Bertz CT molecular complexity index is 2080. The normalized spacial score (nSPS) is 24.9. The molecule has 7 amide bonds. The van der Waals surface area contributed by atoms with Crippen molar-refractivity contribution in [3.8, 4) is 0 Å². The first-order chi connectivity index (χ1) is 32.4. The number of ether oxygens (including phenoxy) is 1. The number of aliphatic carboxylic acids is 1. The van der Waals surface area contributed by atoms with Gasteiger partial charge < -0.3 is 73.8 Å². The molecule has 1 aromatic heterocycles. The molecule has 0 spiro atoms. The quantitative estimate of drug-likeness (QED) is 0.0315. The van der Waals surface area contributed by atoms with E-state index in [0.717, 1.165) is 0 Å². The minimum absolute atomic E-state index is 0.0394. The lowest BCUT2D eigenvalue weighted by Crippen LogP contribution is -2.63. The van der Waals surface area contributed by atoms with E-state index in [-0.39, 0.29) is 77.1 Å². The summed E-state index contributed by atoms with van der Waals surface area (Å²) in [4.78, 5) is 109. The minimum atomic E-state index is -1.87. The Hall–Kier alpha value is -6.84. The topological polar surface area (TPSA) is 406 Å². The molecule has 9 atom stereocenters. The van der Waals surface area contributed by atoms with Gasteiger partial charge in [-0.3, -0.25) is 47.7 Å². The molecule has 2 fully saturated rings. The molecule has 0 bridgehead atoms. The number of nitrogens with one attached hydrogen (secondary N) is 7. The molecule has 2 aliphatic rings. The molecule has 26 nitrogen and oxygen atoms in total. The van der Waals surface area contributed by atoms with Crippen molar-refractivity contribution >= 4 is 53.3 Å². The number of aliphatic hydroxyl groups excluding tert-OH is 3. The number of nitrogens with two attached hydrogens (primary N) is 2. The third-order valence-corrected chi connectivity index (χ3v) is 10.7. The third kappa shape index (κ3) is 17.4. The van der Waals surface area contributed by atoms with Crippen LogP contribution in [0.3, 0.4) is 0 Å². The van der Waals surface area contributed by atoms with E-state index in [9.17, 15) is 63.2 Å². The van der Waals surface area contributed by atoms with Gasteiger partial charge in [-0.1, -0.05) is 35.5 Å². The molecule has 3 unspecified atom stereocenters. The van der Waals surface area contributed by atoms with E-state index in [0.29, 0.717) is 17.7 Å². The van der Waals surface area contributed by atoms with Crippen molar-refractivity contribution in [2.45, 2.75) is 119 Å². The van der Waals surface area contributed by atoms with Crippen LogP contribution < -0.4 is 48.7 Å². The number of nitrogens with zero attached hydrogens (tertiary/aromatic N) is 4. The van der Waals surface area contributed by atoms with Crippen molar-refractivity contribution in [3.63, 3.8) is 0 Å². The maximum absolute atomic E-state index is 14.0. The molecular weight excluding hydrogens is 902 g/mol. The Labute approximate surface area is 388 Å². The van der Waals surface area contributed by atoms with Crippen LogP contribution in [0.15, 0.2) is 41.5 Å². The summed E-state index contributed by atoms with van der Waals surface area (Å²) >= 11 is 0. The van der Waals surface area contributed by atoms with Gasteiger partial charge in [0, 0.05) is 32.3 Å². The summed E-state index contributed by atoms with van der Waals surface area (Å²) in [6.45, 7) is -1.94. The van der Waals surface area contributed by atoms with Crippen LogP contribution in [0, 0.1) is 0 Å². The molecule has 374 valence electrons. The first-order valence-electron chi connectivity index (χ1n) is 21.9. The number of rotatable bonds is 21. The van der Waals surface area contributed by atoms with E-state index < -0.39 is 122 Å². The molecule has 0 saturated carbocycles. The number of carbonyl (C=O) groups excluding carboxylic acids is 7. The third-order valence-electron chi connectivity index (χ3n) is 10.7. The van der Waals surface area contributed by atoms with Crippen LogP contribution in [0.5, 0.6) is 0 Å². The average Bonchev–Trinajstić information content (AvgIpc) is 3.75. The number of guanidine groups is 1. The lowest BCUT2D eigenvalue weighted by Gasteiger charge is -2.40. The number of unbranched alkanes of at least 4 members (excludes halogenated alkanes) is 1. The van der Waals surface area contributed by atoms with E-state index >= 15 is 0 Å². The van der Waals surface area contributed by atoms with Crippen LogP contribution in [0.4, 0.5) is 4.39 Å². The monoisotopic (exact) mass is 961 g/mol. The molecule has 15 N–H and O–H groups in total. The number of carbonyl (C=O) groups is 8. The Balaban J connectivity index is 1.45. The SMILES string of the molecule is NC(N)=NCCC[C@@H]1NC(=O)[C@H](CCCCNC(=O)C2O[C@H](CNC(=O)Cn3cc(CCCF)nn3)C(O)C(O)[C@@H]2O)NC(=O)[C@@H](Cc2ccccc2)NC(=O)[C@H](CC(=O)O)NC(=O)CNC1=O. The van der Waals surface area contributed by atoms with Crippen molar-refractivity contribution in [2.24, 2.45) is 16.5 Å². The highest BCUT2D eigenvalue weighted by Gasteiger charge is 2.46. The second kappa shape index (κ2) is 27.1. The van der Waals surface area contributed by atoms with Gasteiger partial charge >= 0.3 is 5.97 Å². The van der Waals surface area contributed by atoms with Crippen LogP contribution in [0.2, 0.25) is 0 Å². The summed E-state index contributed by atoms with van der Waals surface area (Å²) < 4.78 is 19.3. The predicted molar refractivity (Wildman–Crippen MR) is 234 cm³/mol. The molecule has 0 aliphatic carbocycles. The van der Waals surface area contributed by atoms with E-state index in [1.807, 2.05) is 0 Å². The van der Waals surface area contributed by atoms with E-state index in [1.165, 1.54) is 10.9 Å². The Morgan fingerprint density at radius 1 is 0.824 bits per heavy atom. The van der Waals surface area contributed by atoms with E-state index in [2.05, 4.69) is 52.5 Å². The largest absolute Gasteiger partial charge is 0.481 e. The van der Waals surface area contributed by atoms with Gasteiger partial charge in [0.25, 0.3) is 5.91 Å². The lowest BCUT2D eigenvalue weighted by atomic mass is 9.94. The second-order valence-corrected chi connectivity index (χ2v) is 16.1. The zero-order valence-corrected chi connectivity index (χ0v) is 37.1. The van der Waals surface area contributed by atoms with Crippen molar-refractivity contribution < 1.29 is 67.9 Å². The summed E-state index contributed by atoms with van der Waals surface area (Å²) in [5, 5.41) is 66.4. The van der Waals surface area contributed by atoms with Gasteiger partial charge in [0.05, 0.1) is 25.3 Å². The van der Waals surface area contributed by atoms with Gasteiger partial charge in [-0.15, -0.1) is 5.10 Å². The Morgan fingerprint density at radius 3 is 2.18 bits per heavy atom. The standard InChI is InChI=1S/C41H60FN13O13/c42-13-6-10-23-20-55(54-53-23)21-30(57)47-18-28-32(60)33(61)34(62)35(68-28)40(67)45-14-5-4-11-25-37(64)50-24(12-7-15-46-41(43)44)36(63)48-19-29(56)49-27(17-31(58)59)39(66)52-26(38(65)51-25)16-22-8-2-1-3-9-22/h1-3,8-9,20,24-28,32-35,60-62H,4-7,10-19,21H2,(H,45,67)(H,47,57)(H,48,63)(H,49,56)(H,50,64)(H,51,65)(H,52,66)(H,58,59)(H4,43,44,46)/t24-,25-,26+,27-,28+,32?,33?,34-,35?/m0/s1. The number of benzene rings is 1. The summed E-state index contributed by atoms with van der Waals surface area (Å²) in [5.74, 6) is -7.62. The maximum Gasteiger partial charge on any atom is 0.305 e. The maximum atomic E-state index is 14.0. The van der Waals surface area contributed by atoms with Gasteiger partial charge in [-0.2, -0.15) is 0 Å². The molecule has 1 aromatic carbocycles. The zero-order chi connectivity index (χ0) is 49.8. The molecule has 2 saturated heterocycles. The van der Waals surface area contributed by atoms with Crippen LogP contribution in [0.25, 0.3) is 0 Å². The summed E-state index contributed by atoms with van der Waals surface area (Å²) in [5.41, 5.74) is 11.9. The van der Waals surface area contributed by atoms with Crippen molar-refractivity contribution in [1.29, 1.82) is 0 Å². The first kappa shape index (κ1) is 53.8. The number of hydrogen-bond acceptors (Lipinski definition) is 15. The summed E-state index contributed by atoms with van der Waals surface area (Å²) in [6, 6.07) is 2.70. The molecule has 2 aliphatic heterocycles. The average molecular weight is 962 g/mol. The smallest absolute Gasteiger partial charge is 0.305 e. The fourth-order valence-corrected chi connectivity index (χ4v) is 7.15. The number of aliphatic hydroxyl groups is 3. The minimum Gasteiger partial charge on any atom is -0.481 e. The fourth-order valence-electron chi connectivity index (χ4n) is 7.15. The van der Waals surface area contributed by atoms with Gasteiger partial charge in [0.15, 0.2) is 12.1 Å². The first-order valence-corrected chi connectivity index (χ1v) is 21.9. The van der Waals surface area contributed by atoms with Crippen LogP contribution in [-0.2, 0) is 62.5 Å². The highest BCUT2D eigenvalue weighted by molar-refractivity contribution is 5.98. The number of aromatic nitrogens is 3. The molecular formula is C41H60FN13O13. The molecule has 27 heteroatoms. The number of carboxylic acids is 1. The molecule has 0 radical (unpaired) electrons. The van der Waals surface area contributed by atoms with Gasteiger partial charge in [-0.25, -0.2) is 4.68 Å². The summed E-state index contributed by atoms with van der Waals surface area (Å²) in [6.07, 6.45) is -7.09. The van der Waals surface area contributed by atoms with Gasteiger partial charge in [0.2, 0.25) is 35.4 Å². The highest BCUT2D eigenvalue weighted by atomic mass is 19.1. The van der Waals surface area contributed by atoms with Crippen LogP contribution in [0.1, 0.15) is 56.2 Å². The number of amides is 7. The molecule has 3 heterocycles. The number of carboxylic acid groups (broad SMARTS) is 1. The van der Waals surface area contributed by atoms with E-state index in [1.54, 1.807) is 30.3 Å². The molecule has 68 heavy (non-hydrogen) atoms. The second-order valence-electron chi connectivity index (χ2n) is 16.1. The molecule has 4 rings (SSSR count). The van der Waals surface area contributed by atoms with Gasteiger partial charge in [0.1, 0.15) is 55.1 Å². The Morgan fingerprint density at radius 2 is 1.49 bits per heavy atom. The van der Waals surface area contributed by atoms with Crippen molar-refractivity contribution in [3.05, 3.63) is 47.8 Å².